The maximum Gasteiger partial charge on any atom is 0.124 e. The topological polar surface area (TPSA) is 65.4 Å². The third-order valence-corrected chi connectivity index (χ3v) is 3.50. The van der Waals surface area contributed by atoms with Crippen molar-refractivity contribution in [1.82, 2.24) is 4.98 Å². The van der Waals surface area contributed by atoms with Gasteiger partial charge in [-0.25, -0.2) is 0 Å². The normalized spacial score (nSPS) is 12.2. The van der Waals surface area contributed by atoms with E-state index in [2.05, 4.69) is 10.3 Å². The quantitative estimate of drug-likeness (QED) is 0.682. The van der Waals surface area contributed by atoms with E-state index in [4.69, 9.17) is 0 Å². The van der Waals surface area contributed by atoms with Crippen molar-refractivity contribution in [2.24, 2.45) is 0 Å². The van der Waals surface area contributed by atoms with Crippen molar-refractivity contribution in [3.8, 4) is 11.5 Å². The minimum atomic E-state index is -0.101. The first-order chi connectivity index (χ1) is 10.1. The number of hydrogen-bond donors (Lipinski definition) is 3. The van der Waals surface area contributed by atoms with Gasteiger partial charge in [-0.2, -0.15) is 0 Å². The lowest BCUT2D eigenvalue weighted by molar-refractivity contribution is 0.444. The number of phenolic OH excluding ortho intramolecular Hbond substituents is 2. The number of phenols is 2. The second kappa shape index (κ2) is 5.32. The molecule has 21 heavy (non-hydrogen) atoms. The predicted octanol–water partition coefficient (Wildman–Crippen LogP) is 3.82. The Morgan fingerprint density at radius 2 is 1.90 bits per heavy atom. The highest BCUT2D eigenvalue weighted by molar-refractivity contribution is 5.91. The number of nitrogens with one attached hydrogen (secondary N) is 1. The summed E-state index contributed by atoms with van der Waals surface area (Å²) >= 11 is 0. The van der Waals surface area contributed by atoms with Crippen LogP contribution in [0.1, 0.15) is 18.5 Å². The molecule has 3 aromatic rings. The van der Waals surface area contributed by atoms with E-state index in [-0.39, 0.29) is 17.5 Å². The number of fused-ring (bicyclic) bond motifs is 1. The molecule has 0 saturated carbocycles. The molecular weight excluding hydrogens is 264 g/mol. The van der Waals surface area contributed by atoms with Crippen LogP contribution >= 0.6 is 0 Å². The van der Waals surface area contributed by atoms with Crippen LogP contribution in [0.15, 0.2) is 54.7 Å². The van der Waals surface area contributed by atoms with Gasteiger partial charge in [-0.3, -0.25) is 4.98 Å². The molecule has 0 radical (unpaired) electrons. The molecule has 1 unspecified atom stereocenters. The summed E-state index contributed by atoms with van der Waals surface area (Å²) in [4.78, 5) is 4.33. The van der Waals surface area contributed by atoms with Crippen LogP contribution < -0.4 is 5.32 Å². The monoisotopic (exact) mass is 280 g/mol. The zero-order chi connectivity index (χ0) is 14.8. The summed E-state index contributed by atoms with van der Waals surface area (Å²) in [7, 11) is 0. The first-order valence-corrected chi connectivity index (χ1v) is 6.77. The molecule has 4 nitrogen and oxygen atoms in total. The number of aromatic nitrogens is 1. The second-order valence-electron chi connectivity index (χ2n) is 4.98. The third-order valence-electron chi connectivity index (χ3n) is 3.50. The molecular formula is C17H16N2O2. The number of anilines is 1. The van der Waals surface area contributed by atoms with E-state index >= 15 is 0 Å². The molecule has 0 saturated heterocycles. The van der Waals surface area contributed by atoms with Gasteiger partial charge >= 0.3 is 0 Å². The highest BCUT2D eigenvalue weighted by Gasteiger charge is 2.12. The molecule has 1 atom stereocenters. The summed E-state index contributed by atoms with van der Waals surface area (Å²) in [6, 6.07) is 14.3. The van der Waals surface area contributed by atoms with E-state index in [1.807, 2.05) is 37.3 Å². The summed E-state index contributed by atoms with van der Waals surface area (Å²) < 4.78 is 0. The Kier molecular flexibility index (Phi) is 3.36. The lowest BCUT2D eigenvalue weighted by Crippen LogP contribution is -2.07. The first-order valence-electron chi connectivity index (χ1n) is 6.77. The molecule has 3 N–H and O–H groups in total. The van der Waals surface area contributed by atoms with Crippen molar-refractivity contribution in [2.45, 2.75) is 13.0 Å². The zero-order valence-corrected chi connectivity index (χ0v) is 11.6. The van der Waals surface area contributed by atoms with Crippen molar-refractivity contribution >= 4 is 16.6 Å². The Balaban J connectivity index is 1.94. The third kappa shape index (κ3) is 2.60. The fourth-order valence-corrected chi connectivity index (χ4v) is 2.44. The summed E-state index contributed by atoms with van der Waals surface area (Å²) in [5.41, 5.74) is 2.61. The van der Waals surface area contributed by atoms with Gasteiger partial charge in [0.15, 0.2) is 0 Å². The van der Waals surface area contributed by atoms with Crippen molar-refractivity contribution in [1.29, 1.82) is 0 Å². The van der Waals surface area contributed by atoms with Crippen LogP contribution in [0.2, 0.25) is 0 Å². The number of rotatable bonds is 3. The molecule has 0 aliphatic rings. The molecule has 3 rings (SSSR count). The van der Waals surface area contributed by atoms with Gasteiger partial charge in [0.25, 0.3) is 0 Å². The molecule has 0 amide bonds. The molecule has 0 spiro atoms. The van der Waals surface area contributed by atoms with Gasteiger partial charge in [-0.1, -0.05) is 6.07 Å². The Hall–Kier alpha value is -2.75. The van der Waals surface area contributed by atoms with Gasteiger partial charge in [0.2, 0.25) is 0 Å². The van der Waals surface area contributed by atoms with E-state index in [9.17, 15) is 10.2 Å². The van der Waals surface area contributed by atoms with E-state index in [1.165, 1.54) is 6.07 Å². The smallest absolute Gasteiger partial charge is 0.124 e. The molecule has 0 aliphatic heterocycles. The Morgan fingerprint density at radius 1 is 1.05 bits per heavy atom. The predicted molar refractivity (Wildman–Crippen MR) is 83.6 cm³/mol. The van der Waals surface area contributed by atoms with Crippen molar-refractivity contribution in [3.05, 3.63) is 60.3 Å². The first kappa shape index (κ1) is 13.2. The standard InChI is InChI=1S/C17H16N2O2/c1-11(13-8-7-12(20)10-17(13)21)19-16-6-2-5-15-14(16)4-3-9-18-15/h2-11,19-21H,1H3. The van der Waals surface area contributed by atoms with E-state index < -0.39 is 0 Å². The van der Waals surface area contributed by atoms with Gasteiger partial charge in [0.1, 0.15) is 11.5 Å². The number of aromatic hydroxyl groups is 2. The van der Waals surface area contributed by atoms with Gasteiger partial charge in [-0.05, 0) is 43.3 Å². The lowest BCUT2D eigenvalue weighted by atomic mass is 10.1. The number of hydrogen-bond acceptors (Lipinski definition) is 4. The summed E-state index contributed by atoms with van der Waals surface area (Å²) in [6.07, 6.45) is 1.77. The van der Waals surface area contributed by atoms with Crippen LogP contribution in [0.25, 0.3) is 10.9 Å². The fourth-order valence-electron chi connectivity index (χ4n) is 2.44. The maximum atomic E-state index is 9.94. The fraction of sp³-hybridized carbons (Fsp3) is 0.118. The maximum absolute atomic E-state index is 9.94. The van der Waals surface area contributed by atoms with Gasteiger partial charge in [-0.15, -0.1) is 0 Å². The Bertz CT molecular complexity index is 781. The minimum absolute atomic E-state index is 0.0535. The van der Waals surface area contributed by atoms with Crippen LogP contribution in [0.5, 0.6) is 11.5 Å². The SMILES string of the molecule is CC(Nc1cccc2ncccc12)c1ccc(O)cc1O. The van der Waals surface area contributed by atoms with Crippen molar-refractivity contribution < 1.29 is 10.2 Å². The van der Waals surface area contributed by atoms with Crippen LogP contribution in [-0.4, -0.2) is 15.2 Å². The number of benzene rings is 2. The highest BCUT2D eigenvalue weighted by atomic mass is 16.3. The molecule has 106 valence electrons. The molecule has 2 aromatic carbocycles. The van der Waals surface area contributed by atoms with Crippen LogP contribution in [-0.2, 0) is 0 Å². The van der Waals surface area contributed by atoms with Gasteiger partial charge in [0.05, 0.1) is 11.6 Å². The summed E-state index contributed by atoms with van der Waals surface area (Å²) in [5, 5.41) is 23.7. The molecule has 1 aromatic heterocycles. The molecule has 0 aliphatic carbocycles. The largest absolute Gasteiger partial charge is 0.508 e. The molecule has 0 bridgehead atoms. The van der Waals surface area contributed by atoms with Crippen molar-refractivity contribution in [3.63, 3.8) is 0 Å². The number of nitrogens with zero attached hydrogens (tertiary/aromatic N) is 1. The minimum Gasteiger partial charge on any atom is -0.508 e. The van der Waals surface area contributed by atoms with Crippen LogP contribution in [0.4, 0.5) is 5.69 Å². The Morgan fingerprint density at radius 3 is 2.71 bits per heavy atom. The average molecular weight is 280 g/mol. The van der Waals surface area contributed by atoms with Crippen LogP contribution in [0.3, 0.4) is 0 Å². The van der Waals surface area contributed by atoms with E-state index in [0.717, 1.165) is 22.2 Å². The Labute approximate surface area is 122 Å². The van der Waals surface area contributed by atoms with E-state index in [1.54, 1.807) is 18.3 Å². The van der Waals surface area contributed by atoms with E-state index in [0.29, 0.717) is 0 Å². The molecule has 0 fully saturated rings. The van der Waals surface area contributed by atoms with Crippen LogP contribution in [0, 0.1) is 0 Å². The van der Waals surface area contributed by atoms with Gasteiger partial charge < -0.3 is 15.5 Å². The molecule has 1 heterocycles. The summed E-state index contributed by atoms with van der Waals surface area (Å²) in [6.45, 7) is 1.96. The van der Waals surface area contributed by atoms with Crippen molar-refractivity contribution in [2.75, 3.05) is 5.32 Å². The lowest BCUT2D eigenvalue weighted by Gasteiger charge is -2.18. The zero-order valence-electron chi connectivity index (χ0n) is 11.6. The highest BCUT2D eigenvalue weighted by Crippen LogP contribution is 2.31. The number of pyridine rings is 1. The average Bonchev–Trinajstić information content (AvgIpc) is 2.47. The summed E-state index contributed by atoms with van der Waals surface area (Å²) in [5.74, 6) is 0.131. The molecule has 4 heteroatoms. The van der Waals surface area contributed by atoms with Gasteiger partial charge in [0, 0.05) is 28.9 Å². The second-order valence-corrected chi connectivity index (χ2v) is 4.98.